The number of rotatable bonds is 8. The minimum atomic E-state index is -0.572. The van der Waals surface area contributed by atoms with Crippen molar-refractivity contribution in [2.75, 3.05) is 19.7 Å². The standard InChI is InChI=1S/C23H31N3O3S/c1-16(2)21(25-22(27)20-8-5-11-30-20)23(28)24-13-18-6-4-7-19(12-18)15-26-9-10-29-17(3)14-26/h4-8,11-12,16-17,21H,9-10,13-15H2,1-3H3,(H,24,28)(H,25,27). The van der Waals surface area contributed by atoms with E-state index in [-0.39, 0.29) is 23.8 Å². The maximum atomic E-state index is 12.8. The van der Waals surface area contributed by atoms with Crippen LogP contribution in [0.5, 0.6) is 0 Å². The van der Waals surface area contributed by atoms with Crippen LogP contribution >= 0.6 is 11.3 Å². The molecule has 2 unspecified atom stereocenters. The third kappa shape index (κ3) is 6.39. The zero-order chi connectivity index (χ0) is 21.5. The molecule has 1 aliphatic rings. The monoisotopic (exact) mass is 429 g/mol. The molecule has 2 atom stereocenters. The van der Waals surface area contributed by atoms with Gasteiger partial charge in [0.25, 0.3) is 5.91 Å². The van der Waals surface area contributed by atoms with Crippen molar-refractivity contribution < 1.29 is 14.3 Å². The number of benzene rings is 1. The molecule has 3 rings (SSSR count). The summed E-state index contributed by atoms with van der Waals surface area (Å²) in [6.45, 7) is 9.91. The maximum absolute atomic E-state index is 12.8. The van der Waals surface area contributed by atoms with Crippen LogP contribution in [0.15, 0.2) is 41.8 Å². The molecule has 0 bridgehead atoms. The van der Waals surface area contributed by atoms with Crippen molar-refractivity contribution in [1.82, 2.24) is 15.5 Å². The van der Waals surface area contributed by atoms with Gasteiger partial charge < -0.3 is 15.4 Å². The average Bonchev–Trinajstić information content (AvgIpc) is 3.25. The van der Waals surface area contributed by atoms with Crippen LogP contribution in [0, 0.1) is 5.92 Å². The fourth-order valence-corrected chi connectivity index (χ4v) is 4.21. The van der Waals surface area contributed by atoms with Crippen LogP contribution in [-0.4, -0.2) is 48.6 Å². The van der Waals surface area contributed by atoms with Gasteiger partial charge in [-0.3, -0.25) is 14.5 Å². The average molecular weight is 430 g/mol. The van der Waals surface area contributed by atoms with Gasteiger partial charge in [-0.25, -0.2) is 0 Å². The summed E-state index contributed by atoms with van der Waals surface area (Å²) < 4.78 is 5.61. The molecule has 0 saturated carbocycles. The first-order valence-electron chi connectivity index (χ1n) is 10.5. The summed E-state index contributed by atoms with van der Waals surface area (Å²) in [7, 11) is 0. The Labute approximate surface area is 182 Å². The second-order valence-electron chi connectivity index (χ2n) is 8.13. The minimum Gasteiger partial charge on any atom is -0.376 e. The molecule has 0 radical (unpaired) electrons. The molecule has 6 nitrogen and oxygen atoms in total. The first-order valence-corrected chi connectivity index (χ1v) is 11.3. The normalized spacial score (nSPS) is 18.2. The van der Waals surface area contributed by atoms with Gasteiger partial charge in [0.15, 0.2) is 0 Å². The van der Waals surface area contributed by atoms with Crippen molar-refractivity contribution in [2.45, 2.75) is 46.0 Å². The molecule has 1 fully saturated rings. The van der Waals surface area contributed by atoms with Gasteiger partial charge in [-0.05, 0) is 35.4 Å². The van der Waals surface area contributed by atoms with Crippen LogP contribution < -0.4 is 10.6 Å². The number of carbonyl (C=O) groups is 2. The Morgan fingerprint density at radius 1 is 1.23 bits per heavy atom. The van der Waals surface area contributed by atoms with E-state index >= 15 is 0 Å². The minimum absolute atomic E-state index is 0.0106. The van der Waals surface area contributed by atoms with Crippen LogP contribution in [0.1, 0.15) is 41.6 Å². The highest BCUT2D eigenvalue weighted by Crippen LogP contribution is 2.13. The number of carbonyl (C=O) groups excluding carboxylic acids is 2. The van der Waals surface area contributed by atoms with Gasteiger partial charge in [0, 0.05) is 26.2 Å². The number of thiophene rings is 1. The van der Waals surface area contributed by atoms with Gasteiger partial charge in [0.2, 0.25) is 5.91 Å². The highest BCUT2D eigenvalue weighted by atomic mass is 32.1. The Kier molecular flexibility index (Phi) is 8.01. The van der Waals surface area contributed by atoms with Gasteiger partial charge in [0.1, 0.15) is 6.04 Å². The van der Waals surface area contributed by atoms with Gasteiger partial charge >= 0.3 is 0 Å². The lowest BCUT2D eigenvalue weighted by atomic mass is 10.0. The molecule has 7 heteroatoms. The zero-order valence-corrected chi connectivity index (χ0v) is 18.7. The third-order valence-corrected chi connectivity index (χ3v) is 6.04. The van der Waals surface area contributed by atoms with Crippen LogP contribution in [0.3, 0.4) is 0 Å². The van der Waals surface area contributed by atoms with E-state index in [4.69, 9.17) is 4.74 Å². The number of hydrogen-bond donors (Lipinski definition) is 2. The Morgan fingerprint density at radius 3 is 2.73 bits per heavy atom. The van der Waals surface area contributed by atoms with E-state index in [0.29, 0.717) is 11.4 Å². The second-order valence-corrected chi connectivity index (χ2v) is 9.07. The number of hydrogen-bond acceptors (Lipinski definition) is 5. The summed E-state index contributed by atoms with van der Waals surface area (Å²) in [5, 5.41) is 7.70. The summed E-state index contributed by atoms with van der Waals surface area (Å²) >= 11 is 1.37. The molecule has 2 heterocycles. The van der Waals surface area contributed by atoms with Crippen LogP contribution in [0.4, 0.5) is 0 Å². The lowest BCUT2D eigenvalue weighted by molar-refractivity contribution is -0.124. The Bertz CT molecular complexity index is 838. The van der Waals surface area contributed by atoms with Gasteiger partial charge in [0.05, 0.1) is 17.6 Å². The number of nitrogens with one attached hydrogen (secondary N) is 2. The number of morpholine rings is 1. The highest BCUT2D eigenvalue weighted by molar-refractivity contribution is 7.12. The maximum Gasteiger partial charge on any atom is 0.262 e. The highest BCUT2D eigenvalue weighted by Gasteiger charge is 2.25. The number of amides is 2. The molecule has 0 spiro atoms. The largest absolute Gasteiger partial charge is 0.376 e. The van der Waals surface area contributed by atoms with Crippen molar-refractivity contribution in [3.05, 3.63) is 57.8 Å². The summed E-state index contributed by atoms with van der Waals surface area (Å²) in [6.07, 6.45) is 0.263. The molecule has 2 aromatic rings. The molecular weight excluding hydrogens is 398 g/mol. The Hall–Kier alpha value is -2.22. The Balaban J connectivity index is 1.55. The molecule has 30 heavy (non-hydrogen) atoms. The first-order chi connectivity index (χ1) is 14.4. The quantitative estimate of drug-likeness (QED) is 0.677. The first kappa shape index (κ1) is 22.5. The predicted octanol–water partition coefficient (Wildman–Crippen LogP) is 3.04. The van der Waals surface area contributed by atoms with Crippen molar-refractivity contribution in [3.8, 4) is 0 Å². The van der Waals surface area contributed by atoms with E-state index in [2.05, 4.69) is 34.6 Å². The number of ether oxygens (including phenoxy) is 1. The van der Waals surface area contributed by atoms with E-state index in [9.17, 15) is 9.59 Å². The van der Waals surface area contributed by atoms with Crippen LogP contribution in [0.25, 0.3) is 0 Å². The van der Waals surface area contributed by atoms with Crippen molar-refractivity contribution in [3.63, 3.8) is 0 Å². The fourth-order valence-electron chi connectivity index (χ4n) is 3.58. The zero-order valence-electron chi connectivity index (χ0n) is 17.9. The topological polar surface area (TPSA) is 70.7 Å². The third-order valence-electron chi connectivity index (χ3n) is 5.17. The van der Waals surface area contributed by atoms with Crippen molar-refractivity contribution in [2.24, 2.45) is 5.92 Å². The molecule has 2 N–H and O–H groups in total. The summed E-state index contributed by atoms with van der Waals surface area (Å²) in [5.74, 6) is -0.383. The lowest BCUT2D eigenvalue weighted by Crippen LogP contribution is -2.49. The van der Waals surface area contributed by atoms with E-state index in [0.717, 1.165) is 31.8 Å². The number of nitrogens with zero attached hydrogens (tertiary/aromatic N) is 1. The van der Waals surface area contributed by atoms with Crippen molar-refractivity contribution >= 4 is 23.2 Å². The van der Waals surface area contributed by atoms with E-state index in [1.165, 1.54) is 16.9 Å². The molecule has 1 aliphatic heterocycles. The molecule has 0 aliphatic carbocycles. The molecule has 2 amide bonds. The van der Waals surface area contributed by atoms with Crippen LogP contribution in [0.2, 0.25) is 0 Å². The van der Waals surface area contributed by atoms with Crippen molar-refractivity contribution in [1.29, 1.82) is 0 Å². The smallest absolute Gasteiger partial charge is 0.262 e. The van der Waals surface area contributed by atoms with Crippen LogP contribution in [-0.2, 0) is 22.6 Å². The molecular formula is C23H31N3O3S. The summed E-state index contributed by atoms with van der Waals surface area (Å²) in [6, 6.07) is 11.3. The van der Waals surface area contributed by atoms with Gasteiger partial charge in [-0.2, -0.15) is 0 Å². The predicted molar refractivity (Wildman–Crippen MR) is 119 cm³/mol. The van der Waals surface area contributed by atoms with Gasteiger partial charge in [-0.1, -0.05) is 44.2 Å². The van der Waals surface area contributed by atoms with Gasteiger partial charge in [-0.15, -0.1) is 11.3 Å². The molecule has 1 saturated heterocycles. The molecule has 1 aromatic carbocycles. The van der Waals surface area contributed by atoms with E-state index < -0.39 is 6.04 Å². The van der Waals surface area contributed by atoms with E-state index in [1.54, 1.807) is 6.07 Å². The second kappa shape index (κ2) is 10.7. The molecule has 1 aromatic heterocycles. The SMILES string of the molecule is CC1CN(Cc2cccc(CNC(=O)C(NC(=O)c3cccs3)C(C)C)c2)CCO1. The fraction of sp³-hybridized carbons (Fsp3) is 0.478. The summed E-state index contributed by atoms with van der Waals surface area (Å²) in [5.41, 5.74) is 2.27. The molecule has 162 valence electrons. The summed E-state index contributed by atoms with van der Waals surface area (Å²) in [4.78, 5) is 28.1. The Morgan fingerprint density at radius 2 is 2.03 bits per heavy atom. The lowest BCUT2D eigenvalue weighted by Gasteiger charge is -2.31. The van der Waals surface area contributed by atoms with E-state index in [1.807, 2.05) is 37.4 Å².